The third-order valence-electron chi connectivity index (χ3n) is 6.74. The molecule has 0 saturated carbocycles. The Morgan fingerprint density at radius 1 is 0.697 bits per heavy atom. The Morgan fingerprint density at radius 2 is 1.39 bits per heavy atom. The van der Waals surface area contributed by atoms with Crippen molar-refractivity contribution in [1.29, 1.82) is 0 Å². The summed E-state index contributed by atoms with van der Waals surface area (Å²) >= 11 is 0. The molecule has 1 nitrogen and oxygen atoms in total. The lowest BCUT2D eigenvalue weighted by molar-refractivity contribution is 0.660. The minimum atomic E-state index is 0.0193. The molecule has 0 spiro atoms. The summed E-state index contributed by atoms with van der Waals surface area (Å²) in [4.78, 5) is 0. The average Bonchev–Trinajstić information content (AvgIpc) is 3.07. The van der Waals surface area contributed by atoms with Crippen molar-refractivity contribution in [2.45, 2.75) is 26.2 Å². The van der Waals surface area contributed by atoms with E-state index >= 15 is 0 Å². The van der Waals surface area contributed by atoms with Gasteiger partial charge in [-0.1, -0.05) is 93.3 Å². The fourth-order valence-electron chi connectivity index (χ4n) is 4.96. The summed E-state index contributed by atoms with van der Waals surface area (Å²) in [6, 6.07) is 30.7. The lowest BCUT2D eigenvalue weighted by Gasteiger charge is -2.22. The summed E-state index contributed by atoms with van der Waals surface area (Å²) in [6.45, 7) is 10.6. The Hall–Kier alpha value is -3.84. The topological polar surface area (TPSA) is 12.0 Å². The molecule has 0 saturated heterocycles. The largest absolute Gasteiger partial charge is 0.356 e. The van der Waals surface area contributed by atoms with Gasteiger partial charge in [0.1, 0.15) is 0 Å². The van der Waals surface area contributed by atoms with Gasteiger partial charge in [-0.25, -0.2) is 0 Å². The smallest absolute Gasteiger partial charge is 0.0390 e. The highest BCUT2D eigenvalue weighted by atomic mass is 14.9. The third-order valence-corrected chi connectivity index (χ3v) is 6.74. The van der Waals surface area contributed by atoms with Crippen molar-refractivity contribution in [3.05, 3.63) is 120 Å². The van der Waals surface area contributed by atoms with Crippen molar-refractivity contribution in [3.8, 4) is 22.3 Å². The molecule has 0 aromatic heterocycles. The number of nitrogens with one attached hydrogen (secondary N) is 1. The van der Waals surface area contributed by atoms with E-state index in [0.717, 1.165) is 16.9 Å². The van der Waals surface area contributed by atoms with Crippen LogP contribution >= 0.6 is 0 Å². The number of hydrogen-bond acceptors (Lipinski definition) is 1. The predicted octanol–water partition coefficient (Wildman–Crippen LogP) is 9.08. The lowest BCUT2D eigenvalue weighted by atomic mass is 9.81. The summed E-state index contributed by atoms with van der Waals surface area (Å²) in [7, 11) is 0. The Labute approximate surface area is 197 Å². The highest BCUT2D eigenvalue weighted by Crippen LogP contribution is 2.49. The van der Waals surface area contributed by atoms with Crippen LogP contribution in [0.15, 0.2) is 97.6 Å². The number of anilines is 2. The van der Waals surface area contributed by atoms with Gasteiger partial charge in [-0.2, -0.15) is 0 Å². The molecule has 0 radical (unpaired) electrons. The predicted molar refractivity (Wildman–Crippen MR) is 144 cm³/mol. The van der Waals surface area contributed by atoms with Gasteiger partial charge in [0.25, 0.3) is 0 Å². The van der Waals surface area contributed by atoms with Crippen LogP contribution < -0.4 is 5.32 Å². The third kappa shape index (κ3) is 3.70. The quantitative estimate of drug-likeness (QED) is 0.335. The molecule has 162 valence electrons. The van der Waals surface area contributed by atoms with Crippen molar-refractivity contribution < 1.29 is 0 Å². The number of allylic oxidation sites excluding steroid dienone is 1. The second kappa shape index (κ2) is 8.26. The van der Waals surface area contributed by atoms with Crippen LogP contribution in [0.3, 0.4) is 0 Å². The van der Waals surface area contributed by atoms with Crippen LogP contribution in [-0.4, -0.2) is 0 Å². The van der Waals surface area contributed by atoms with Gasteiger partial charge in [0.2, 0.25) is 0 Å². The monoisotopic (exact) mass is 427 g/mol. The molecular weight excluding hydrogens is 398 g/mol. The Morgan fingerprint density at radius 3 is 2.15 bits per heavy atom. The first-order valence-corrected chi connectivity index (χ1v) is 11.5. The van der Waals surface area contributed by atoms with Gasteiger partial charge in [0.05, 0.1) is 0 Å². The van der Waals surface area contributed by atoms with E-state index in [9.17, 15) is 0 Å². The second-order valence-corrected chi connectivity index (χ2v) is 9.18. The molecule has 4 aromatic carbocycles. The van der Waals surface area contributed by atoms with Crippen LogP contribution in [0.25, 0.3) is 34.4 Å². The summed E-state index contributed by atoms with van der Waals surface area (Å²) in [5.41, 5.74) is 12.5. The molecule has 0 amide bonds. The van der Waals surface area contributed by atoms with Crippen LogP contribution in [0.5, 0.6) is 0 Å². The minimum absolute atomic E-state index is 0.0193. The standard InChI is InChI=1S/C32H29N/c1-5-9-23-14-18-27(20-22(23)6-2)33-26-16-12-24(13-17-26)25-15-19-29-28-10-7-8-11-30(28)32(3,4)31(29)21-25/h5-21,33H,2H2,1,3-4H3/b9-5-. The zero-order valence-electron chi connectivity index (χ0n) is 19.5. The van der Waals surface area contributed by atoms with Crippen LogP contribution in [0.4, 0.5) is 11.4 Å². The van der Waals surface area contributed by atoms with E-state index in [1.165, 1.54) is 38.9 Å². The van der Waals surface area contributed by atoms with Gasteiger partial charge in [0.15, 0.2) is 0 Å². The SMILES string of the molecule is C=Cc1cc(Nc2ccc(-c3ccc4c(c3)C(C)(C)c3ccccc3-4)cc2)ccc1/C=C\C. The summed E-state index contributed by atoms with van der Waals surface area (Å²) < 4.78 is 0. The molecule has 1 N–H and O–H groups in total. The molecule has 0 bridgehead atoms. The maximum Gasteiger partial charge on any atom is 0.0390 e. The van der Waals surface area contributed by atoms with Crippen molar-refractivity contribution in [3.63, 3.8) is 0 Å². The van der Waals surface area contributed by atoms with Crippen LogP contribution in [-0.2, 0) is 5.41 Å². The van der Waals surface area contributed by atoms with Crippen molar-refractivity contribution >= 4 is 23.5 Å². The van der Waals surface area contributed by atoms with Gasteiger partial charge >= 0.3 is 0 Å². The Balaban J connectivity index is 1.41. The number of benzene rings is 4. The van der Waals surface area contributed by atoms with Gasteiger partial charge < -0.3 is 5.32 Å². The van der Waals surface area contributed by atoms with E-state index in [1.54, 1.807) is 0 Å². The van der Waals surface area contributed by atoms with E-state index in [0.29, 0.717) is 0 Å². The molecule has 0 unspecified atom stereocenters. The van der Waals surface area contributed by atoms with Crippen LogP contribution in [0.2, 0.25) is 0 Å². The highest BCUT2D eigenvalue weighted by Gasteiger charge is 2.35. The molecule has 1 aliphatic rings. The van der Waals surface area contributed by atoms with Gasteiger partial charge in [-0.3, -0.25) is 0 Å². The first kappa shape index (κ1) is 21.0. The molecule has 5 rings (SSSR count). The molecule has 1 heteroatoms. The number of rotatable bonds is 5. The fraction of sp³-hybridized carbons (Fsp3) is 0.125. The molecular formula is C32H29N. The molecule has 0 atom stereocenters. The minimum Gasteiger partial charge on any atom is -0.356 e. The first-order valence-electron chi connectivity index (χ1n) is 11.5. The molecule has 33 heavy (non-hydrogen) atoms. The zero-order valence-corrected chi connectivity index (χ0v) is 19.5. The van der Waals surface area contributed by atoms with E-state index in [-0.39, 0.29) is 5.41 Å². The maximum absolute atomic E-state index is 3.95. The summed E-state index contributed by atoms with van der Waals surface area (Å²) in [6.07, 6.45) is 6.05. The normalized spacial score (nSPS) is 13.5. The van der Waals surface area contributed by atoms with Crippen LogP contribution in [0, 0.1) is 0 Å². The zero-order chi connectivity index (χ0) is 23.0. The molecule has 1 aliphatic carbocycles. The van der Waals surface area contributed by atoms with Crippen molar-refractivity contribution in [2.24, 2.45) is 0 Å². The maximum atomic E-state index is 3.95. The van der Waals surface area contributed by atoms with Crippen molar-refractivity contribution in [1.82, 2.24) is 0 Å². The van der Waals surface area contributed by atoms with E-state index in [4.69, 9.17) is 0 Å². The first-order chi connectivity index (χ1) is 16.0. The van der Waals surface area contributed by atoms with E-state index in [2.05, 4.69) is 117 Å². The van der Waals surface area contributed by atoms with E-state index in [1.807, 2.05) is 19.1 Å². The molecule has 0 heterocycles. The number of hydrogen-bond donors (Lipinski definition) is 1. The van der Waals surface area contributed by atoms with Crippen molar-refractivity contribution in [2.75, 3.05) is 5.32 Å². The second-order valence-electron chi connectivity index (χ2n) is 9.18. The molecule has 0 aliphatic heterocycles. The average molecular weight is 428 g/mol. The fourth-order valence-corrected chi connectivity index (χ4v) is 4.96. The molecule has 0 fully saturated rings. The van der Waals surface area contributed by atoms with Crippen LogP contribution in [0.1, 0.15) is 43.0 Å². The Kier molecular flexibility index (Phi) is 5.26. The van der Waals surface area contributed by atoms with Gasteiger partial charge in [-0.05, 0) is 81.8 Å². The highest BCUT2D eigenvalue weighted by molar-refractivity contribution is 5.83. The van der Waals surface area contributed by atoms with E-state index < -0.39 is 0 Å². The van der Waals surface area contributed by atoms with Gasteiger partial charge in [-0.15, -0.1) is 0 Å². The summed E-state index contributed by atoms with van der Waals surface area (Å²) in [5.74, 6) is 0. The lowest BCUT2D eigenvalue weighted by Crippen LogP contribution is -2.14. The number of fused-ring (bicyclic) bond motifs is 3. The Bertz CT molecular complexity index is 1370. The summed E-state index contributed by atoms with van der Waals surface area (Å²) in [5, 5.41) is 3.52. The van der Waals surface area contributed by atoms with Gasteiger partial charge in [0, 0.05) is 16.8 Å². The molecule has 4 aromatic rings.